The van der Waals surface area contributed by atoms with E-state index in [1.165, 1.54) is 5.56 Å². The van der Waals surface area contributed by atoms with E-state index in [0.29, 0.717) is 6.54 Å². The lowest BCUT2D eigenvalue weighted by Crippen LogP contribution is -2.51. The number of rotatable bonds is 4. The zero-order valence-electron chi connectivity index (χ0n) is 16.1. The first-order valence-corrected chi connectivity index (χ1v) is 9.80. The molecule has 5 nitrogen and oxygen atoms in total. The molecule has 0 N–H and O–H groups in total. The maximum atomic E-state index is 13.0. The minimum Gasteiger partial charge on any atom is -0.364 e. The summed E-state index contributed by atoms with van der Waals surface area (Å²) in [6.45, 7) is 7.01. The Balaban J connectivity index is 1.48. The van der Waals surface area contributed by atoms with Crippen LogP contribution in [0.25, 0.3) is 0 Å². The number of amides is 1. The summed E-state index contributed by atoms with van der Waals surface area (Å²) in [4.78, 5) is 22.0. The maximum Gasteiger partial charge on any atom is 0.241 e. The van der Waals surface area contributed by atoms with Crippen molar-refractivity contribution >= 4 is 17.3 Å². The molecule has 1 fully saturated rings. The molecule has 1 saturated heterocycles. The largest absolute Gasteiger partial charge is 0.364 e. The zero-order chi connectivity index (χ0) is 18.6. The quantitative estimate of drug-likeness (QED) is 0.833. The van der Waals surface area contributed by atoms with Crippen LogP contribution in [0.1, 0.15) is 5.56 Å². The van der Waals surface area contributed by atoms with E-state index in [0.717, 1.165) is 57.2 Å². The van der Waals surface area contributed by atoms with Crippen molar-refractivity contribution in [3.05, 3.63) is 60.2 Å². The van der Waals surface area contributed by atoms with Crippen LogP contribution >= 0.6 is 0 Å². The highest BCUT2D eigenvalue weighted by atomic mass is 16.2. The lowest BCUT2D eigenvalue weighted by Gasteiger charge is -2.39. The van der Waals surface area contributed by atoms with Crippen molar-refractivity contribution in [2.45, 2.75) is 6.54 Å². The van der Waals surface area contributed by atoms with Gasteiger partial charge in [0.2, 0.25) is 5.91 Å². The Morgan fingerprint density at radius 3 is 2.22 bits per heavy atom. The molecule has 0 radical (unpaired) electrons. The van der Waals surface area contributed by atoms with Crippen LogP contribution in [0.15, 0.2) is 54.6 Å². The molecule has 2 heterocycles. The highest BCUT2D eigenvalue weighted by Gasteiger charge is 2.28. The van der Waals surface area contributed by atoms with E-state index in [4.69, 9.17) is 0 Å². The number of nitrogens with zero attached hydrogens (tertiary/aromatic N) is 4. The number of hydrogen-bond acceptors (Lipinski definition) is 4. The Morgan fingerprint density at radius 2 is 1.48 bits per heavy atom. The number of fused-ring (bicyclic) bond motifs is 1. The van der Waals surface area contributed by atoms with Crippen molar-refractivity contribution in [3.63, 3.8) is 0 Å². The molecule has 0 spiro atoms. The van der Waals surface area contributed by atoms with E-state index in [1.807, 2.05) is 17.0 Å². The van der Waals surface area contributed by atoms with E-state index in [-0.39, 0.29) is 5.91 Å². The van der Waals surface area contributed by atoms with Gasteiger partial charge in [0.1, 0.15) is 0 Å². The van der Waals surface area contributed by atoms with E-state index in [1.54, 1.807) is 0 Å². The molecule has 2 aromatic rings. The number of anilines is 2. The van der Waals surface area contributed by atoms with E-state index >= 15 is 0 Å². The van der Waals surface area contributed by atoms with Crippen LogP contribution in [0.5, 0.6) is 0 Å². The van der Waals surface area contributed by atoms with Crippen molar-refractivity contribution in [1.82, 2.24) is 9.80 Å². The smallest absolute Gasteiger partial charge is 0.241 e. The summed E-state index contributed by atoms with van der Waals surface area (Å²) < 4.78 is 0. The molecule has 0 aliphatic carbocycles. The predicted molar refractivity (Wildman–Crippen MR) is 110 cm³/mol. The van der Waals surface area contributed by atoms with Crippen molar-refractivity contribution in [3.8, 4) is 0 Å². The maximum absolute atomic E-state index is 13.0. The van der Waals surface area contributed by atoms with Gasteiger partial charge in [-0.15, -0.1) is 0 Å². The second-order valence-electron chi connectivity index (χ2n) is 7.52. The first-order valence-electron chi connectivity index (χ1n) is 9.80. The van der Waals surface area contributed by atoms with Crippen LogP contribution in [-0.4, -0.2) is 68.6 Å². The molecule has 4 rings (SSSR count). The standard InChI is InChI=1S/C22H28N4O/c1-23-11-13-24(14-12-23)18-22(27)26-16-15-25(17-19-7-3-2-4-8-19)20-9-5-6-10-21(20)26/h2-10H,11-18H2,1H3. The third kappa shape index (κ3) is 4.15. The lowest BCUT2D eigenvalue weighted by atomic mass is 10.1. The predicted octanol–water partition coefficient (Wildman–Crippen LogP) is 2.29. The number of benzene rings is 2. The van der Waals surface area contributed by atoms with Gasteiger partial charge in [-0.05, 0) is 24.7 Å². The number of likely N-dealkylation sites (N-methyl/N-ethyl adjacent to an activating group) is 1. The van der Waals surface area contributed by atoms with Gasteiger partial charge in [-0.25, -0.2) is 0 Å². The number of carbonyl (C=O) groups is 1. The molecular weight excluding hydrogens is 336 g/mol. The van der Waals surface area contributed by atoms with Gasteiger partial charge in [0.15, 0.2) is 0 Å². The van der Waals surface area contributed by atoms with E-state index in [2.05, 4.69) is 64.2 Å². The highest BCUT2D eigenvalue weighted by molar-refractivity contribution is 5.99. The van der Waals surface area contributed by atoms with Gasteiger partial charge >= 0.3 is 0 Å². The minimum absolute atomic E-state index is 0.214. The Bertz CT molecular complexity index is 771. The van der Waals surface area contributed by atoms with Crippen molar-refractivity contribution < 1.29 is 4.79 Å². The van der Waals surface area contributed by atoms with Gasteiger partial charge in [-0.2, -0.15) is 0 Å². The summed E-state index contributed by atoms with van der Waals surface area (Å²) in [5.74, 6) is 0.214. The van der Waals surface area contributed by atoms with Gasteiger partial charge in [0.05, 0.1) is 17.9 Å². The second-order valence-corrected chi connectivity index (χ2v) is 7.52. The topological polar surface area (TPSA) is 30.0 Å². The number of para-hydroxylation sites is 2. The van der Waals surface area contributed by atoms with E-state index < -0.39 is 0 Å². The van der Waals surface area contributed by atoms with Gasteiger partial charge < -0.3 is 14.7 Å². The van der Waals surface area contributed by atoms with Crippen molar-refractivity contribution in [1.29, 1.82) is 0 Å². The molecule has 0 bridgehead atoms. The molecule has 2 aromatic carbocycles. The third-order valence-electron chi connectivity index (χ3n) is 5.58. The summed E-state index contributed by atoms with van der Waals surface area (Å²) in [6, 6.07) is 18.8. The summed E-state index contributed by atoms with van der Waals surface area (Å²) in [6.07, 6.45) is 0. The Hall–Kier alpha value is -2.37. The zero-order valence-corrected chi connectivity index (χ0v) is 16.1. The Labute approximate surface area is 161 Å². The lowest BCUT2D eigenvalue weighted by molar-refractivity contribution is -0.120. The average Bonchev–Trinajstić information content (AvgIpc) is 2.71. The van der Waals surface area contributed by atoms with Gasteiger partial charge in [0.25, 0.3) is 0 Å². The van der Waals surface area contributed by atoms with Crippen LogP contribution in [-0.2, 0) is 11.3 Å². The van der Waals surface area contributed by atoms with Crippen molar-refractivity contribution in [2.24, 2.45) is 0 Å². The molecule has 0 atom stereocenters. The molecule has 2 aliphatic rings. The normalized spacial score (nSPS) is 18.4. The Kier molecular flexibility index (Phi) is 5.41. The highest BCUT2D eigenvalue weighted by Crippen LogP contribution is 2.33. The monoisotopic (exact) mass is 364 g/mol. The average molecular weight is 364 g/mol. The van der Waals surface area contributed by atoms with Gasteiger partial charge in [0, 0.05) is 45.8 Å². The fourth-order valence-corrected chi connectivity index (χ4v) is 3.93. The fourth-order valence-electron chi connectivity index (χ4n) is 3.93. The molecular formula is C22H28N4O. The minimum atomic E-state index is 0.214. The van der Waals surface area contributed by atoms with Crippen LogP contribution in [0, 0.1) is 0 Å². The molecule has 142 valence electrons. The fraction of sp³-hybridized carbons (Fsp3) is 0.409. The van der Waals surface area contributed by atoms with E-state index in [9.17, 15) is 4.79 Å². The molecule has 0 aromatic heterocycles. The number of carbonyl (C=O) groups excluding carboxylic acids is 1. The van der Waals surface area contributed by atoms with Crippen molar-refractivity contribution in [2.75, 3.05) is 62.7 Å². The molecule has 1 amide bonds. The number of piperazine rings is 1. The van der Waals surface area contributed by atoms with Gasteiger partial charge in [-0.3, -0.25) is 9.69 Å². The molecule has 27 heavy (non-hydrogen) atoms. The Morgan fingerprint density at radius 1 is 0.815 bits per heavy atom. The molecule has 5 heteroatoms. The first-order chi connectivity index (χ1) is 13.2. The number of hydrogen-bond donors (Lipinski definition) is 0. The van der Waals surface area contributed by atoms with Crippen LogP contribution in [0.3, 0.4) is 0 Å². The summed E-state index contributed by atoms with van der Waals surface area (Å²) in [5, 5.41) is 0. The molecule has 0 unspecified atom stereocenters. The summed E-state index contributed by atoms with van der Waals surface area (Å²) in [5.41, 5.74) is 3.49. The summed E-state index contributed by atoms with van der Waals surface area (Å²) >= 11 is 0. The van der Waals surface area contributed by atoms with Crippen LogP contribution < -0.4 is 9.80 Å². The third-order valence-corrected chi connectivity index (χ3v) is 5.58. The first kappa shape index (κ1) is 18.0. The van der Waals surface area contributed by atoms with Gasteiger partial charge in [-0.1, -0.05) is 42.5 Å². The molecule has 2 aliphatic heterocycles. The van der Waals surface area contributed by atoms with Crippen LogP contribution in [0.4, 0.5) is 11.4 Å². The SMILES string of the molecule is CN1CCN(CC(=O)N2CCN(Cc3ccccc3)c3ccccc32)CC1. The summed E-state index contributed by atoms with van der Waals surface area (Å²) in [7, 11) is 2.14. The molecule has 0 saturated carbocycles. The van der Waals surface area contributed by atoms with Crippen LogP contribution in [0.2, 0.25) is 0 Å². The second kappa shape index (κ2) is 8.11.